The zero-order chi connectivity index (χ0) is 18.2. The van der Waals surface area contributed by atoms with E-state index >= 15 is 0 Å². The average molecular weight is 376 g/mol. The van der Waals surface area contributed by atoms with Crippen molar-refractivity contribution in [2.75, 3.05) is 36.0 Å². The molecule has 1 spiro atoms. The summed E-state index contributed by atoms with van der Waals surface area (Å²) in [7, 11) is -2.84. The molecule has 6 heteroatoms. The van der Waals surface area contributed by atoms with Gasteiger partial charge in [-0.25, -0.2) is 8.42 Å². The minimum atomic E-state index is -2.84. The number of benzene rings is 1. The minimum absolute atomic E-state index is 0.159. The van der Waals surface area contributed by atoms with E-state index in [4.69, 9.17) is 4.99 Å². The molecule has 1 aromatic carbocycles. The van der Waals surface area contributed by atoms with Crippen molar-refractivity contribution in [1.82, 2.24) is 5.32 Å². The van der Waals surface area contributed by atoms with E-state index in [1.54, 1.807) is 0 Å². The molecule has 0 radical (unpaired) electrons. The SMILES string of the molecule is CCNC(=NCC1CCS(=O)(=O)C1)N1CC2(CCCC2)c2ccccc21. The van der Waals surface area contributed by atoms with Crippen LogP contribution in [-0.4, -0.2) is 45.5 Å². The molecule has 0 amide bonds. The van der Waals surface area contributed by atoms with Crippen molar-refractivity contribution in [3.8, 4) is 0 Å². The van der Waals surface area contributed by atoms with Crippen molar-refractivity contribution in [2.24, 2.45) is 10.9 Å². The number of nitrogens with one attached hydrogen (secondary N) is 1. The third-order valence-electron chi connectivity index (χ3n) is 6.20. The van der Waals surface area contributed by atoms with Crippen LogP contribution >= 0.6 is 0 Å². The topological polar surface area (TPSA) is 61.8 Å². The number of anilines is 1. The molecular weight excluding hydrogens is 346 g/mol. The average Bonchev–Trinajstić information content (AvgIpc) is 3.32. The second-order valence-electron chi connectivity index (χ2n) is 8.05. The Morgan fingerprint density at radius 3 is 2.77 bits per heavy atom. The Morgan fingerprint density at radius 1 is 1.31 bits per heavy atom. The fourth-order valence-electron chi connectivity index (χ4n) is 4.93. The van der Waals surface area contributed by atoms with Crippen LogP contribution in [0.5, 0.6) is 0 Å². The highest BCUT2D eigenvalue weighted by molar-refractivity contribution is 7.91. The lowest BCUT2D eigenvalue weighted by Gasteiger charge is -2.27. The molecule has 2 heterocycles. The smallest absolute Gasteiger partial charge is 0.198 e. The number of nitrogens with zero attached hydrogens (tertiary/aromatic N) is 2. The van der Waals surface area contributed by atoms with E-state index in [1.165, 1.54) is 36.9 Å². The summed E-state index contributed by atoms with van der Waals surface area (Å²) in [6.07, 6.45) is 5.85. The summed E-state index contributed by atoms with van der Waals surface area (Å²) >= 11 is 0. The molecule has 142 valence electrons. The van der Waals surface area contributed by atoms with Gasteiger partial charge in [0, 0.05) is 30.7 Å². The molecule has 1 saturated carbocycles. The third kappa shape index (κ3) is 3.24. The lowest BCUT2D eigenvalue weighted by Crippen LogP contribution is -2.43. The van der Waals surface area contributed by atoms with Crippen molar-refractivity contribution in [2.45, 2.75) is 44.4 Å². The number of hydrogen-bond donors (Lipinski definition) is 1. The van der Waals surface area contributed by atoms with Gasteiger partial charge in [0.25, 0.3) is 0 Å². The molecule has 5 nitrogen and oxygen atoms in total. The summed E-state index contributed by atoms with van der Waals surface area (Å²) < 4.78 is 23.5. The van der Waals surface area contributed by atoms with Gasteiger partial charge in [-0.15, -0.1) is 0 Å². The maximum Gasteiger partial charge on any atom is 0.198 e. The quantitative estimate of drug-likeness (QED) is 0.652. The lowest BCUT2D eigenvalue weighted by molar-refractivity contribution is 0.478. The molecule has 4 rings (SSSR count). The van der Waals surface area contributed by atoms with Crippen LogP contribution in [0, 0.1) is 5.92 Å². The van der Waals surface area contributed by atoms with Crippen molar-refractivity contribution in [3.63, 3.8) is 0 Å². The van der Waals surface area contributed by atoms with Gasteiger partial charge in [-0.05, 0) is 43.7 Å². The highest BCUT2D eigenvalue weighted by Gasteiger charge is 2.45. The molecule has 26 heavy (non-hydrogen) atoms. The van der Waals surface area contributed by atoms with E-state index < -0.39 is 9.84 Å². The first-order chi connectivity index (χ1) is 12.5. The Bertz CT molecular complexity index is 797. The zero-order valence-electron chi connectivity index (χ0n) is 15.6. The van der Waals surface area contributed by atoms with Gasteiger partial charge >= 0.3 is 0 Å². The fraction of sp³-hybridized carbons (Fsp3) is 0.650. The Balaban J connectivity index is 1.60. The molecule has 2 aliphatic heterocycles. The highest BCUT2D eigenvalue weighted by atomic mass is 32.2. The predicted molar refractivity (Wildman–Crippen MR) is 107 cm³/mol. The second-order valence-corrected chi connectivity index (χ2v) is 10.3. The van der Waals surface area contributed by atoms with Gasteiger partial charge in [-0.3, -0.25) is 4.99 Å². The van der Waals surface area contributed by atoms with Gasteiger partial charge in [0.2, 0.25) is 0 Å². The van der Waals surface area contributed by atoms with E-state index in [2.05, 4.69) is 41.4 Å². The van der Waals surface area contributed by atoms with Crippen molar-refractivity contribution < 1.29 is 8.42 Å². The molecule has 0 bridgehead atoms. The maximum absolute atomic E-state index is 11.7. The zero-order valence-corrected chi connectivity index (χ0v) is 16.4. The third-order valence-corrected chi connectivity index (χ3v) is 8.04. The molecule has 0 aromatic heterocycles. The van der Waals surface area contributed by atoms with Crippen LogP contribution in [0.3, 0.4) is 0 Å². The molecule has 2 fully saturated rings. The minimum Gasteiger partial charge on any atom is -0.356 e. The summed E-state index contributed by atoms with van der Waals surface area (Å²) in [5, 5.41) is 3.44. The number of fused-ring (bicyclic) bond motifs is 2. The summed E-state index contributed by atoms with van der Waals surface area (Å²) in [5.41, 5.74) is 3.00. The van der Waals surface area contributed by atoms with Gasteiger partial charge in [0.05, 0.1) is 11.5 Å². The van der Waals surface area contributed by atoms with Crippen LogP contribution < -0.4 is 10.2 Å². The summed E-state index contributed by atoms with van der Waals surface area (Å²) in [4.78, 5) is 7.20. The molecule has 1 saturated heterocycles. The molecule has 1 aromatic rings. The van der Waals surface area contributed by atoms with Crippen molar-refractivity contribution in [1.29, 1.82) is 0 Å². The van der Waals surface area contributed by atoms with Gasteiger partial charge in [0.1, 0.15) is 0 Å². The second kappa shape index (κ2) is 6.87. The Kier molecular flexibility index (Phi) is 4.71. The number of hydrogen-bond acceptors (Lipinski definition) is 3. The molecule has 1 N–H and O–H groups in total. The molecule has 1 atom stereocenters. The van der Waals surface area contributed by atoms with Crippen LogP contribution in [0.2, 0.25) is 0 Å². The summed E-state index contributed by atoms with van der Waals surface area (Å²) in [6, 6.07) is 8.74. The monoisotopic (exact) mass is 375 g/mol. The highest BCUT2D eigenvalue weighted by Crippen LogP contribution is 2.50. The van der Waals surface area contributed by atoms with Crippen molar-refractivity contribution >= 4 is 21.5 Å². The lowest BCUT2D eigenvalue weighted by atomic mass is 9.81. The number of rotatable bonds is 3. The summed E-state index contributed by atoms with van der Waals surface area (Å²) in [6.45, 7) is 4.48. The molecule has 1 aliphatic carbocycles. The van der Waals surface area contributed by atoms with E-state index in [0.29, 0.717) is 12.3 Å². The normalized spacial score (nSPS) is 26.4. The summed E-state index contributed by atoms with van der Waals surface area (Å²) in [5.74, 6) is 1.68. The first kappa shape index (κ1) is 17.8. The van der Waals surface area contributed by atoms with E-state index in [-0.39, 0.29) is 17.1 Å². The number of sulfone groups is 1. The molecular formula is C20H29N3O2S. The number of aliphatic imine (C=N–C) groups is 1. The first-order valence-corrected chi connectivity index (χ1v) is 11.7. The van der Waals surface area contributed by atoms with Gasteiger partial charge in [0.15, 0.2) is 15.8 Å². The standard InChI is InChI=1S/C20H29N3O2S/c1-2-21-19(22-13-16-9-12-26(24,25)14-16)23-15-20(10-5-6-11-20)17-7-3-4-8-18(17)23/h3-4,7-8,16H,2,5-6,9-15H2,1H3,(H,21,22). The van der Waals surface area contributed by atoms with E-state index in [1.807, 2.05) is 0 Å². The van der Waals surface area contributed by atoms with Gasteiger partial charge in [-0.1, -0.05) is 31.0 Å². The first-order valence-electron chi connectivity index (χ1n) is 9.89. The fourth-order valence-corrected chi connectivity index (χ4v) is 6.77. The number of para-hydroxylation sites is 1. The predicted octanol–water partition coefficient (Wildman–Crippen LogP) is 2.72. The Labute approximate surface area is 156 Å². The van der Waals surface area contributed by atoms with Crippen LogP contribution in [0.25, 0.3) is 0 Å². The molecule has 1 unspecified atom stereocenters. The van der Waals surface area contributed by atoms with Crippen LogP contribution in [-0.2, 0) is 15.3 Å². The van der Waals surface area contributed by atoms with Gasteiger partial charge in [-0.2, -0.15) is 0 Å². The van der Waals surface area contributed by atoms with Gasteiger partial charge < -0.3 is 10.2 Å². The maximum atomic E-state index is 11.7. The Hall–Kier alpha value is -1.56. The largest absolute Gasteiger partial charge is 0.356 e. The van der Waals surface area contributed by atoms with Crippen LogP contribution in [0.1, 0.15) is 44.6 Å². The van der Waals surface area contributed by atoms with E-state index in [0.717, 1.165) is 25.5 Å². The van der Waals surface area contributed by atoms with Crippen LogP contribution in [0.4, 0.5) is 5.69 Å². The molecule has 3 aliphatic rings. The van der Waals surface area contributed by atoms with Crippen LogP contribution in [0.15, 0.2) is 29.3 Å². The van der Waals surface area contributed by atoms with Crippen molar-refractivity contribution in [3.05, 3.63) is 29.8 Å². The van der Waals surface area contributed by atoms with E-state index in [9.17, 15) is 8.42 Å². The Morgan fingerprint density at radius 2 is 2.08 bits per heavy atom. The number of guanidine groups is 1.